The van der Waals surface area contributed by atoms with E-state index in [1.807, 2.05) is 0 Å². The van der Waals surface area contributed by atoms with Crippen molar-refractivity contribution in [3.63, 3.8) is 0 Å². The summed E-state index contributed by atoms with van der Waals surface area (Å²) in [5.41, 5.74) is 0.668. The zero-order valence-electron chi connectivity index (χ0n) is 10.9. The second kappa shape index (κ2) is 4.42. The number of nitrogens with zero attached hydrogens (tertiary/aromatic N) is 2. The molecule has 1 atom stereocenters. The Hall–Kier alpha value is -2.21. The highest BCUT2D eigenvalue weighted by Crippen LogP contribution is 2.25. The molecule has 1 unspecified atom stereocenters. The lowest BCUT2D eigenvalue weighted by molar-refractivity contribution is -0.144. The van der Waals surface area contributed by atoms with Gasteiger partial charge >= 0.3 is 0 Å². The van der Waals surface area contributed by atoms with Crippen LogP contribution < -0.4 is 0 Å². The van der Waals surface area contributed by atoms with Gasteiger partial charge in [0.25, 0.3) is 11.8 Å². The number of β-amino-alcohol motifs (C(OH)–C–C–N with tert-alkyl or cyclic N) is 1. The maximum atomic E-state index is 12.2. The Morgan fingerprint density at radius 3 is 2.15 bits per heavy atom. The van der Waals surface area contributed by atoms with Crippen molar-refractivity contribution < 1.29 is 19.5 Å². The predicted octanol–water partition coefficient (Wildman–Crippen LogP) is -0.126. The van der Waals surface area contributed by atoms with Crippen molar-refractivity contribution in [2.24, 2.45) is 0 Å². The van der Waals surface area contributed by atoms with Crippen molar-refractivity contribution in [3.8, 4) is 0 Å². The molecule has 2 heterocycles. The standard InChI is InChI=1S/C14H14N2O4/c1-8(12(18)15-6-9(17)7-15)16-13(19)10-4-2-3-5-11(10)14(16)20/h2-5,8-9,17H,6-7H2,1H3. The zero-order valence-corrected chi connectivity index (χ0v) is 10.9. The molecule has 20 heavy (non-hydrogen) atoms. The fraction of sp³-hybridized carbons (Fsp3) is 0.357. The monoisotopic (exact) mass is 274 g/mol. The molecule has 0 saturated carbocycles. The maximum Gasteiger partial charge on any atom is 0.262 e. The summed E-state index contributed by atoms with van der Waals surface area (Å²) in [6, 6.07) is 5.69. The number of amides is 3. The molecule has 6 heteroatoms. The van der Waals surface area contributed by atoms with Gasteiger partial charge in [-0.3, -0.25) is 19.3 Å². The SMILES string of the molecule is CC(C(=O)N1CC(O)C1)N1C(=O)c2ccccc2C1=O. The van der Waals surface area contributed by atoms with E-state index in [1.165, 1.54) is 11.8 Å². The van der Waals surface area contributed by atoms with Gasteiger partial charge in [0.15, 0.2) is 0 Å². The molecule has 0 aliphatic carbocycles. The number of imide groups is 1. The molecule has 1 aromatic carbocycles. The number of hydrogen-bond acceptors (Lipinski definition) is 4. The summed E-state index contributed by atoms with van der Waals surface area (Å²) >= 11 is 0. The van der Waals surface area contributed by atoms with Crippen molar-refractivity contribution in [1.29, 1.82) is 0 Å². The van der Waals surface area contributed by atoms with E-state index in [0.717, 1.165) is 4.90 Å². The van der Waals surface area contributed by atoms with Gasteiger partial charge in [0.2, 0.25) is 5.91 Å². The van der Waals surface area contributed by atoms with E-state index in [2.05, 4.69) is 0 Å². The fourth-order valence-corrected chi connectivity index (χ4v) is 2.57. The van der Waals surface area contributed by atoms with E-state index >= 15 is 0 Å². The first-order chi connectivity index (χ1) is 9.50. The maximum absolute atomic E-state index is 12.2. The van der Waals surface area contributed by atoms with E-state index in [4.69, 9.17) is 0 Å². The van der Waals surface area contributed by atoms with Crippen LogP contribution in [-0.4, -0.2) is 57.9 Å². The molecule has 0 aromatic heterocycles. The highest BCUT2D eigenvalue weighted by molar-refractivity contribution is 6.22. The molecule has 0 spiro atoms. The quantitative estimate of drug-likeness (QED) is 0.762. The summed E-state index contributed by atoms with van der Waals surface area (Å²) < 4.78 is 0. The lowest BCUT2D eigenvalue weighted by Gasteiger charge is -2.38. The van der Waals surface area contributed by atoms with Crippen LogP contribution in [-0.2, 0) is 4.79 Å². The largest absolute Gasteiger partial charge is 0.389 e. The summed E-state index contributed by atoms with van der Waals surface area (Å²) in [7, 11) is 0. The van der Waals surface area contributed by atoms with Gasteiger partial charge < -0.3 is 10.0 Å². The van der Waals surface area contributed by atoms with E-state index in [1.54, 1.807) is 24.3 Å². The molecule has 3 rings (SSSR count). The van der Waals surface area contributed by atoms with Gasteiger partial charge in [0.1, 0.15) is 6.04 Å². The van der Waals surface area contributed by atoms with Gasteiger partial charge in [-0.1, -0.05) is 12.1 Å². The molecule has 6 nitrogen and oxygen atoms in total. The summed E-state index contributed by atoms with van der Waals surface area (Å²) in [4.78, 5) is 39.1. The minimum atomic E-state index is -0.852. The molecule has 2 aliphatic heterocycles. The number of rotatable bonds is 2. The Kier molecular flexibility index (Phi) is 2.83. The van der Waals surface area contributed by atoms with Gasteiger partial charge in [-0.25, -0.2) is 0 Å². The summed E-state index contributed by atoms with van der Waals surface area (Å²) in [5.74, 6) is -1.19. The average Bonchev–Trinajstić information content (AvgIpc) is 2.67. The van der Waals surface area contributed by atoms with E-state index < -0.39 is 24.0 Å². The Bertz CT molecular complexity index is 572. The summed E-state index contributed by atoms with van der Waals surface area (Å²) in [6.45, 7) is 2.05. The Morgan fingerprint density at radius 1 is 1.20 bits per heavy atom. The molecule has 0 radical (unpaired) electrons. The lowest BCUT2D eigenvalue weighted by Crippen LogP contribution is -2.59. The predicted molar refractivity (Wildman–Crippen MR) is 69.0 cm³/mol. The van der Waals surface area contributed by atoms with E-state index in [-0.39, 0.29) is 19.0 Å². The van der Waals surface area contributed by atoms with Crippen LogP contribution in [0, 0.1) is 0 Å². The molecule has 1 aromatic rings. The number of hydrogen-bond donors (Lipinski definition) is 1. The molecule has 1 fully saturated rings. The van der Waals surface area contributed by atoms with E-state index in [0.29, 0.717) is 11.1 Å². The smallest absolute Gasteiger partial charge is 0.262 e. The number of likely N-dealkylation sites (tertiary alicyclic amines) is 1. The van der Waals surface area contributed by atoms with Gasteiger partial charge in [0.05, 0.1) is 17.2 Å². The highest BCUT2D eigenvalue weighted by atomic mass is 16.3. The van der Waals surface area contributed by atoms with Crippen LogP contribution >= 0.6 is 0 Å². The number of carbonyl (C=O) groups is 3. The minimum Gasteiger partial charge on any atom is -0.389 e. The third-order valence-corrected chi connectivity index (χ3v) is 3.74. The van der Waals surface area contributed by atoms with Gasteiger partial charge in [-0.2, -0.15) is 0 Å². The van der Waals surface area contributed by atoms with Gasteiger partial charge in [0, 0.05) is 13.1 Å². The molecular weight excluding hydrogens is 260 g/mol. The number of carbonyl (C=O) groups excluding carboxylic acids is 3. The molecule has 1 N–H and O–H groups in total. The first-order valence-corrected chi connectivity index (χ1v) is 6.44. The number of aliphatic hydroxyl groups excluding tert-OH is 1. The van der Waals surface area contributed by atoms with Crippen LogP contribution in [0.4, 0.5) is 0 Å². The van der Waals surface area contributed by atoms with E-state index in [9.17, 15) is 19.5 Å². The van der Waals surface area contributed by atoms with Crippen molar-refractivity contribution >= 4 is 17.7 Å². The third kappa shape index (κ3) is 1.72. The van der Waals surface area contributed by atoms with Crippen molar-refractivity contribution in [2.75, 3.05) is 13.1 Å². The Morgan fingerprint density at radius 2 is 1.70 bits per heavy atom. The second-order valence-electron chi connectivity index (χ2n) is 5.10. The van der Waals surface area contributed by atoms with Crippen LogP contribution in [0.5, 0.6) is 0 Å². The number of aliphatic hydroxyl groups is 1. The molecule has 104 valence electrons. The van der Waals surface area contributed by atoms with Crippen molar-refractivity contribution in [1.82, 2.24) is 9.80 Å². The van der Waals surface area contributed by atoms with Gasteiger partial charge in [-0.05, 0) is 19.1 Å². The lowest BCUT2D eigenvalue weighted by atomic mass is 10.1. The zero-order chi connectivity index (χ0) is 14.4. The Balaban J connectivity index is 1.83. The topological polar surface area (TPSA) is 77.9 Å². The second-order valence-corrected chi connectivity index (χ2v) is 5.10. The van der Waals surface area contributed by atoms with Crippen molar-refractivity contribution in [3.05, 3.63) is 35.4 Å². The highest BCUT2D eigenvalue weighted by Gasteiger charge is 2.43. The molecule has 2 aliphatic rings. The molecule has 3 amide bonds. The van der Waals surface area contributed by atoms with Gasteiger partial charge in [-0.15, -0.1) is 0 Å². The Labute approximate surface area is 115 Å². The molecular formula is C14H14N2O4. The molecule has 0 bridgehead atoms. The van der Waals surface area contributed by atoms with Crippen LogP contribution in [0.1, 0.15) is 27.6 Å². The average molecular weight is 274 g/mol. The van der Waals surface area contributed by atoms with Crippen LogP contribution in [0.2, 0.25) is 0 Å². The first kappa shape index (κ1) is 12.8. The number of benzene rings is 1. The first-order valence-electron chi connectivity index (χ1n) is 6.44. The summed E-state index contributed by atoms with van der Waals surface area (Å²) in [6.07, 6.45) is -0.506. The summed E-state index contributed by atoms with van der Waals surface area (Å²) in [5, 5.41) is 9.22. The van der Waals surface area contributed by atoms with Crippen molar-refractivity contribution in [2.45, 2.75) is 19.1 Å². The van der Waals surface area contributed by atoms with Crippen LogP contribution in [0.15, 0.2) is 24.3 Å². The fourth-order valence-electron chi connectivity index (χ4n) is 2.57. The molecule has 1 saturated heterocycles. The number of fused-ring (bicyclic) bond motifs is 1. The van der Waals surface area contributed by atoms with Crippen LogP contribution in [0.3, 0.4) is 0 Å². The normalized spacial score (nSPS) is 19.9. The van der Waals surface area contributed by atoms with Crippen LogP contribution in [0.25, 0.3) is 0 Å². The minimum absolute atomic E-state index is 0.256. The third-order valence-electron chi connectivity index (χ3n) is 3.74.